The van der Waals surface area contributed by atoms with Crippen molar-refractivity contribution in [2.24, 2.45) is 0 Å². The lowest BCUT2D eigenvalue weighted by Crippen LogP contribution is -2.24. The van der Waals surface area contributed by atoms with E-state index in [9.17, 15) is 10.1 Å². The molecule has 0 atom stereocenters. The van der Waals surface area contributed by atoms with E-state index in [1.807, 2.05) is 32.0 Å². The van der Waals surface area contributed by atoms with Crippen LogP contribution < -0.4 is 0 Å². The quantitative estimate of drug-likeness (QED) is 0.443. The summed E-state index contributed by atoms with van der Waals surface area (Å²) in [5.74, 6) is 0. The molecular formula is C16H17NO3S. The van der Waals surface area contributed by atoms with Crippen LogP contribution in [0, 0.1) is 10.1 Å². The predicted molar refractivity (Wildman–Crippen MR) is 84.3 cm³/mol. The second kappa shape index (κ2) is 6.74. The van der Waals surface area contributed by atoms with Crippen molar-refractivity contribution in [3.8, 4) is 0 Å². The molecule has 0 aliphatic carbocycles. The van der Waals surface area contributed by atoms with E-state index in [-0.39, 0.29) is 11.3 Å². The van der Waals surface area contributed by atoms with Crippen LogP contribution in [0.1, 0.15) is 19.4 Å². The van der Waals surface area contributed by atoms with E-state index >= 15 is 0 Å². The molecular weight excluding hydrogens is 286 g/mol. The van der Waals surface area contributed by atoms with E-state index < -0.39 is 4.92 Å². The molecule has 0 unspecified atom stereocenters. The fraction of sp³-hybridized carbons (Fsp3) is 0.250. The Labute approximate surface area is 128 Å². The van der Waals surface area contributed by atoms with Crippen LogP contribution in [0.5, 0.6) is 0 Å². The molecule has 0 bridgehead atoms. The molecule has 2 aromatic rings. The van der Waals surface area contributed by atoms with E-state index in [0.29, 0.717) is 0 Å². The van der Waals surface area contributed by atoms with Crippen LogP contribution in [-0.4, -0.2) is 10.5 Å². The summed E-state index contributed by atoms with van der Waals surface area (Å²) in [6.45, 7) is 4.05. The van der Waals surface area contributed by atoms with Crippen molar-refractivity contribution in [3.63, 3.8) is 0 Å². The van der Waals surface area contributed by atoms with Gasteiger partial charge in [0, 0.05) is 35.5 Å². The predicted octanol–water partition coefficient (Wildman–Crippen LogP) is 4.64. The highest BCUT2D eigenvalue weighted by atomic mass is 32.2. The van der Waals surface area contributed by atoms with Gasteiger partial charge in [-0.1, -0.05) is 30.3 Å². The van der Waals surface area contributed by atoms with Crippen LogP contribution in [-0.2, 0) is 10.6 Å². The summed E-state index contributed by atoms with van der Waals surface area (Å²) in [6.07, 6.45) is 0.799. The second-order valence-electron chi connectivity index (χ2n) is 5.34. The lowest BCUT2D eigenvalue weighted by molar-refractivity contribution is -0.384. The van der Waals surface area contributed by atoms with Gasteiger partial charge in [-0.05, 0) is 31.5 Å². The first-order valence-electron chi connectivity index (χ1n) is 6.60. The average Bonchev–Trinajstić information content (AvgIpc) is 2.46. The van der Waals surface area contributed by atoms with Crippen molar-refractivity contribution in [2.75, 3.05) is 0 Å². The van der Waals surface area contributed by atoms with Crippen LogP contribution in [0.15, 0.2) is 59.5 Å². The number of rotatable bonds is 6. The van der Waals surface area contributed by atoms with Crippen molar-refractivity contribution in [2.45, 2.75) is 30.8 Å². The number of nitro benzene ring substituents is 1. The number of nitrogens with zero attached hydrogens (tertiary/aromatic N) is 1. The maximum atomic E-state index is 10.6. The van der Waals surface area contributed by atoms with Crippen molar-refractivity contribution < 1.29 is 9.11 Å². The first kappa shape index (κ1) is 15.5. The molecule has 0 aliphatic heterocycles. The second-order valence-corrected chi connectivity index (χ2v) is 6.14. The maximum absolute atomic E-state index is 10.6. The lowest BCUT2D eigenvalue weighted by Gasteiger charge is -2.24. The summed E-state index contributed by atoms with van der Waals surface area (Å²) < 4.78 is 5.87. The molecule has 0 aromatic heterocycles. The third-order valence-electron chi connectivity index (χ3n) is 2.88. The van der Waals surface area contributed by atoms with Gasteiger partial charge >= 0.3 is 0 Å². The van der Waals surface area contributed by atoms with Gasteiger partial charge in [0.25, 0.3) is 5.69 Å². The Kier molecular flexibility index (Phi) is 4.98. The Balaban J connectivity index is 1.93. The number of nitro groups is 1. The number of non-ortho nitro benzene ring substituents is 1. The Hall–Kier alpha value is -1.85. The van der Waals surface area contributed by atoms with E-state index in [4.69, 9.17) is 4.18 Å². The zero-order valence-electron chi connectivity index (χ0n) is 12.0. The van der Waals surface area contributed by atoms with Crippen LogP contribution in [0.3, 0.4) is 0 Å². The topological polar surface area (TPSA) is 52.4 Å². The molecule has 4 nitrogen and oxygen atoms in total. The molecule has 110 valence electrons. The van der Waals surface area contributed by atoms with Gasteiger partial charge in [-0.2, -0.15) is 0 Å². The zero-order chi connectivity index (χ0) is 15.3. The van der Waals surface area contributed by atoms with Crippen molar-refractivity contribution in [1.82, 2.24) is 0 Å². The molecule has 0 radical (unpaired) electrons. The van der Waals surface area contributed by atoms with Gasteiger partial charge in [-0.3, -0.25) is 10.1 Å². The highest BCUT2D eigenvalue weighted by Crippen LogP contribution is 2.29. The molecule has 0 saturated carbocycles. The molecule has 0 N–H and O–H groups in total. The first-order chi connectivity index (χ1) is 9.96. The van der Waals surface area contributed by atoms with Crippen molar-refractivity contribution in [3.05, 3.63) is 70.3 Å². The lowest BCUT2D eigenvalue weighted by atomic mass is 9.99. The molecule has 21 heavy (non-hydrogen) atoms. The van der Waals surface area contributed by atoms with Gasteiger partial charge in [0.05, 0.1) is 10.5 Å². The van der Waals surface area contributed by atoms with Crippen LogP contribution in [0.25, 0.3) is 0 Å². The van der Waals surface area contributed by atoms with Gasteiger partial charge in [-0.15, -0.1) is 0 Å². The van der Waals surface area contributed by atoms with Crippen molar-refractivity contribution >= 4 is 17.7 Å². The summed E-state index contributed by atoms with van der Waals surface area (Å²) in [4.78, 5) is 11.0. The van der Waals surface area contributed by atoms with E-state index in [0.717, 1.165) is 11.3 Å². The molecule has 0 amide bonds. The Bertz CT molecular complexity index is 597. The van der Waals surface area contributed by atoms with Gasteiger partial charge in [0.2, 0.25) is 0 Å². The highest BCUT2D eigenvalue weighted by Gasteiger charge is 2.20. The van der Waals surface area contributed by atoms with Crippen LogP contribution in [0.2, 0.25) is 0 Å². The van der Waals surface area contributed by atoms with Gasteiger partial charge in [0.15, 0.2) is 0 Å². The summed E-state index contributed by atoms with van der Waals surface area (Å²) in [6, 6.07) is 16.5. The highest BCUT2D eigenvalue weighted by molar-refractivity contribution is 7.94. The molecule has 2 aromatic carbocycles. The SMILES string of the molecule is CC(C)(Cc1ccccc1)OSc1ccc([N+](=O)[O-])cc1. The van der Waals surface area contributed by atoms with Gasteiger partial charge < -0.3 is 4.18 Å². The molecule has 0 heterocycles. The van der Waals surface area contributed by atoms with E-state index in [2.05, 4.69) is 12.1 Å². The summed E-state index contributed by atoms with van der Waals surface area (Å²) >= 11 is 1.24. The molecule has 0 fully saturated rings. The number of hydrogen-bond acceptors (Lipinski definition) is 4. The minimum absolute atomic E-state index is 0.0860. The fourth-order valence-corrected chi connectivity index (χ4v) is 2.53. The van der Waals surface area contributed by atoms with E-state index in [1.165, 1.54) is 29.7 Å². The van der Waals surface area contributed by atoms with Crippen LogP contribution in [0.4, 0.5) is 5.69 Å². The Morgan fingerprint density at radius 2 is 1.71 bits per heavy atom. The molecule has 0 spiro atoms. The summed E-state index contributed by atoms with van der Waals surface area (Å²) in [5, 5.41) is 10.6. The Morgan fingerprint density at radius 1 is 1.10 bits per heavy atom. The van der Waals surface area contributed by atoms with Crippen molar-refractivity contribution in [1.29, 1.82) is 0 Å². The number of hydrogen-bond donors (Lipinski definition) is 0. The molecule has 2 rings (SSSR count). The number of benzene rings is 2. The minimum Gasteiger partial charge on any atom is -0.304 e. The standard InChI is InChI=1S/C16H17NO3S/c1-16(2,12-13-6-4-3-5-7-13)20-21-15-10-8-14(9-11-15)17(18)19/h3-11H,12H2,1-2H3. The molecule has 5 heteroatoms. The normalized spacial score (nSPS) is 11.3. The molecule has 0 saturated heterocycles. The van der Waals surface area contributed by atoms with Gasteiger partial charge in [0.1, 0.15) is 0 Å². The monoisotopic (exact) mass is 303 g/mol. The Morgan fingerprint density at radius 3 is 2.29 bits per heavy atom. The minimum atomic E-state index is -0.408. The van der Waals surface area contributed by atoms with Gasteiger partial charge in [-0.25, -0.2) is 0 Å². The third-order valence-corrected chi connectivity index (χ3v) is 3.88. The third kappa shape index (κ3) is 4.88. The summed E-state index contributed by atoms with van der Waals surface area (Å²) in [5.41, 5.74) is 0.975. The maximum Gasteiger partial charge on any atom is 0.269 e. The largest absolute Gasteiger partial charge is 0.304 e. The zero-order valence-corrected chi connectivity index (χ0v) is 12.8. The molecule has 0 aliphatic rings. The van der Waals surface area contributed by atoms with Crippen LogP contribution >= 0.6 is 12.0 Å². The fourth-order valence-electron chi connectivity index (χ4n) is 1.90. The van der Waals surface area contributed by atoms with E-state index in [1.54, 1.807) is 12.1 Å². The summed E-state index contributed by atoms with van der Waals surface area (Å²) in [7, 11) is 0. The first-order valence-corrected chi connectivity index (χ1v) is 7.34. The average molecular weight is 303 g/mol. The smallest absolute Gasteiger partial charge is 0.269 e.